The molecule has 92 valence electrons. The van der Waals surface area contributed by atoms with Crippen LogP contribution in [0, 0.1) is 5.92 Å². The molecule has 0 aromatic heterocycles. The summed E-state index contributed by atoms with van der Waals surface area (Å²) in [5.41, 5.74) is 0. The first-order valence-electron chi connectivity index (χ1n) is 6.69. The van der Waals surface area contributed by atoms with Gasteiger partial charge in [0, 0.05) is 24.4 Å². The number of rotatable bonds is 4. The minimum atomic E-state index is 0.298. The standard InChI is InChI=1S/C13H22ClNO/c14-9-10-15(12-7-8-12)13(16)11-5-3-1-2-4-6-11/h11-12H,1-10H2. The van der Waals surface area contributed by atoms with Crippen LogP contribution in [0.25, 0.3) is 0 Å². The minimum Gasteiger partial charge on any atom is -0.338 e. The Balaban J connectivity index is 1.91. The Morgan fingerprint density at radius 2 is 1.69 bits per heavy atom. The molecule has 2 aliphatic carbocycles. The van der Waals surface area contributed by atoms with Gasteiger partial charge in [0.05, 0.1) is 0 Å². The zero-order chi connectivity index (χ0) is 11.4. The number of carbonyl (C=O) groups is 1. The summed E-state index contributed by atoms with van der Waals surface area (Å²) in [7, 11) is 0. The van der Waals surface area contributed by atoms with E-state index in [1.54, 1.807) is 0 Å². The zero-order valence-electron chi connectivity index (χ0n) is 9.96. The Morgan fingerprint density at radius 1 is 1.06 bits per heavy atom. The van der Waals surface area contributed by atoms with Crippen molar-refractivity contribution in [2.24, 2.45) is 5.92 Å². The molecule has 2 aliphatic rings. The molecule has 0 atom stereocenters. The summed E-state index contributed by atoms with van der Waals surface area (Å²) in [5, 5.41) is 0. The maximum Gasteiger partial charge on any atom is 0.225 e. The molecule has 2 nitrogen and oxygen atoms in total. The minimum absolute atomic E-state index is 0.298. The molecule has 2 fully saturated rings. The van der Waals surface area contributed by atoms with Gasteiger partial charge in [0.2, 0.25) is 5.91 Å². The maximum absolute atomic E-state index is 12.4. The third kappa shape index (κ3) is 3.13. The highest BCUT2D eigenvalue weighted by Crippen LogP contribution is 2.31. The van der Waals surface area contributed by atoms with E-state index >= 15 is 0 Å². The van der Waals surface area contributed by atoms with E-state index < -0.39 is 0 Å². The molecular formula is C13H22ClNO. The van der Waals surface area contributed by atoms with E-state index in [9.17, 15) is 4.79 Å². The predicted octanol–water partition coefficient (Wildman–Crippen LogP) is 3.19. The second-order valence-corrected chi connectivity index (χ2v) is 5.52. The van der Waals surface area contributed by atoms with Gasteiger partial charge in [-0.05, 0) is 25.7 Å². The molecular weight excluding hydrogens is 222 g/mol. The average Bonchev–Trinajstić information content (AvgIpc) is 3.10. The molecule has 0 radical (unpaired) electrons. The van der Waals surface area contributed by atoms with Crippen LogP contribution in [0.3, 0.4) is 0 Å². The van der Waals surface area contributed by atoms with Crippen LogP contribution in [-0.4, -0.2) is 29.3 Å². The normalized spacial score (nSPS) is 22.8. The summed E-state index contributed by atoms with van der Waals surface area (Å²) >= 11 is 5.79. The molecule has 0 heterocycles. The number of amides is 1. The number of hydrogen-bond donors (Lipinski definition) is 0. The van der Waals surface area contributed by atoms with Crippen molar-refractivity contribution >= 4 is 17.5 Å². The van der Waals surface area contributed by atoms with E-state index in [0.29, 0.717) is 23.7 Å². The first-order valence-corrected chi connectivity index (χ1v) is 7.23. The molecule has 16 heavy (non-hydrogen) atoms. The largest absolute Gasteiger partial charge is 0.338 e. The van der Waals surface area contributed by atoms with Crippen LogP contribution in [-0.2, 0) is 4.79 Å². The number of hydrogen-bond acceptors (Lipinski definition) is 1. The first kappa shape index (κ1) is 12.2. The quantitative estimate of drug-likeness (QED) is 0.549. The highest BCUT2D eigenvalue weighted by Gasteiger charge is 2.35. The Kier molecular flexibility index (Phi) is 4.51. The summed E-state index contributed by atoms with van der Waals surface area (Å²) in [5.74, 6) is 1.27. The Labute approximate surface area is 103 Å². The SMILES string of the molecule is O=C(C1CCCCCC1)N(CCCl)C1CC1. The van der Waals surface area contributed by atoms with Crippen LogP contribution >= 0.6 is 11.6 Å². The Bertz CT molecular complexity index is 232. The summed E-state index contributed by atoms with van der Waals surface area (Å²) < 4.78 is 0. The molecule has 0 bridgehead atoms. The van der Waals surface area contributed by atoms with Gasteiger partial charge in [0.25, 0.3) is 0 Å². The van der Waals surface area contributed by atoms with Crippen LogP contribution in [0.5, 0.6) is 0 Å². The zero-order valence-corrected chi connectivity index (χ0v) is 10.7. The third-order valence-corrected chi connectivity index (χ3v) is 3.97. The summed E-state index contributed by atoms with van der Waals surface area (Å²) in [6.45, 7) is 0.752. The van der Waals surface area contributed by atoms with Crippen molar-refractivity contribution in [3.63, 3.8) is 0 Å². The van der Waals surface area contributed by atoms with Crippen molar-refractivity contribution < 1.29 is 4.79 Å². The molecule has 0 aliphatic heterocycles. The summed E-state index contributed by atoms with van der Waals surface area (Å²) in [6, 6.07) is 0.523. The smallest absolute Gasteiger partial charge is 0.225 e. The van der Waals surface area contributed by atoms with Gasteiger partial charge in [-0.3, -0.25) is 4.79 Å². The second kappa shape index (κ2) is 5.90. The molecule has 0 N–H and O–H groups in total. The fourth-order valence-electron chi connectivity index (χ4n) is 2.71. The topological polar surface area (TPSA) is 20.3 Å². The van der Waals surface area contributed by atoms with Crippen molar-refractivity contribution in [3.05, 3.63) is 0 Å². The first-order chi connectivity index (χ1) is 7.83. The molecule has 0 saturated heterocycles. The van der Waals surface area contributed by atoms with Gasteiger partial charge in [-0.25, -0.2) is 0 Å². The molecule has 0 aromatic carbocycles. The summed E-state index contributed by atoms with van der Waals surface area (Å²) in [4.78, 5) is 14.4. The van der Waals surface area contributed by atoms with Crippen molar-refractivity contribution in [1.29, 1.82) is 0 Å². The summed E-state index contributed by atoms with van der Waals surface area (Å²) in [6.07, 6.45) is 9.66. The lowest BCUT2D eigenvalue weighted by Gasteiger charge is -2.26. The van der Waals surface area contributed by atoms with Crippen molar-refractivity contribution in [1.82, 2.24) is 4.90 Å². The number of carbonyl (C=O) groups excluding carboxylic acids is 1. The average molecular weight is 244 g/mol. The van der Waals surface area contributed by atoms with Crippen LogP contribution in [0.1, 0.15) is 51.4 Å². The van der Waals surface area contributed by atoms with Crippen LogP contribution in [0.4, 0.5) is 0 Å². The van der Waals surface area contributed by atoms with Gasteiger partial charge < -0.3 is 4.90 Å². The van der Waals surface area contributed by atoms with E-state index in [1.807, 2.05) is 0 Å². The number of alkyl halides is 1. The Morgan fingerprint density at radius 3 is 2.19 bits per heavy atom. The van der Waals surface area contributed by atoms with Crippen molar-refractivity contribution in [3.8, 4) is 0 Å². The lowest BCUT2D eigenvalue weighted by Crippen LogP contribution is -2.39. The van der Waals surface area contributed by atoms with Crippen molar-refractivity contribution in [2.75, 3.05) is 12.4 Å². The number of halogens is 1. The molecule has 2 saturated carbocycles. The lowest BCUT2D eigenvalue weighted by atomic mass is 9.98. The van der Waals surface area contributed by atoms with Crippen LogP contribution < -0.4 is 0 Å². The third-order valence-electron chi connectivity index (χ3n) is 3.80. The molecule has 0 aromatic rings. The van der Waals surface area contributed by atoms with Gasteiger partial charge in [-0.1, -0.05) is 25.7 Å². The van der Waals surface area contributed by atoms with Crippen LogP contribution in [0.15, 0.2) is 0 Å². The van der Waals surface area contributed by atoms with E-state index in [-0.39, 0.29) is 0 Å². The van der Waals surface area contributed by atoms with Gasteiger partial charge in [0.1, 0.15) is 0 Å². The fraction of sp³-hybridized carbons (Fsp3) is 0.923. The molecule has 3 heteroatoms. The molecule has 0 spiro atoms. The second-order valence-electron chi connectivity index (χ2n) is 5.14. The van der Waals surface area contributed by atoms with Crippen LogP contribution in [0.2, 0.25) is 0 Å². The van der Waals surface area contributed by atoms with E-state index in [0.717, 1.165) is 19.4 Å². The highest BCUT2D eigenvalue weighted by molar-refractivity contribution is 6.18. The predicted molar refractivity (Wildman–Crippen MR) is 66.6 cm³/mol. The van der Waals surface area contributed by atoms with E-state index in [4.69, 9.17) is 11.6 Å². The number of nitrogens with zero attached hydrogens (tertiary/aromatic N) is 1. The molecule has 2 rings (SSSR count). The van der Waals surface area contributed by atoms with Gasteiger partial charge >= 0.3 is 0 Å². The Hall–Kier alpha value is -0.240. The maximum atomic E-state index is 12.4. The van der Waals surface area contributed by atoms with Gasteiger partial charge in [-0.15, -0.1) is 11.6 Å². The molecule has 0 unspecified atom stereocenters. The van der Waals surface area contributed by atoms with Gasteiger partial charge in [-0.2, -0.15) is 0 Å². The molecule has 1 amide bonds. The van der Waals surface area contributed by atoms with E-state index in [1.165, 1.54) is 38.5 Å². The van der Waals surface area contributed by atoms with Gasteiger partial charge in [0.15, 0.2) is 0 Å². The monoisotopic (exact) mass is 243 g/mol. The van der Waals surface area contributed by atoms with Crippen molar-refractivity contribution in [2.45, 2.75) is 57.4 Å². The lowest BCUT2D eigenvalue weighted by molar-refractivity contribution is -0.136. The highest BCUT2D eigenvalue weighted by atomic mass is 35.5. The van der Waals surface area contributed by atoms with E-state index in [2.05, 4.69) is 4.90 Å². The fourth-order valence-corrected chi connectivity index (χ4v) is 2.89.